The van der Waals surface area contributed by atoms with E-state index in [-0.39, 0.29) is 12.1 Å². The lowest BCUT2D eigenvalue weighted by molar-refractivity contribution is 0.0331. The Bertz CT molecular complexity index is 514. The van der Waals surface area contributed by atoms with Gasteiger partial charge in [0.1, 0.15) is 17.1 Å². The number of carbonyl (C=O) groups is 1. The first-order chi connectivity index (χ1) is 10.9. The second kappa shape index (κ2) is 7.57. The SMILES string of the molecule is COc1cc(OC)cc(C(C)(C)OC(=O)NC2CCCCC2)c1. The molecule has 128 valence electrons. The van der Waals surface area contributed by atoms with E-state index in [0.29, 0.717) is 11.5 Å². The molecular weight excluding hydrogens is 294 g/mol. The van der Waals surface area contributed by atoms with Crippen LogP contribution in [0.25, 0.3) is 0 Å². The predicted octanol–water partition coefficient (Wildman–Crippen LogP) is 4.00. The van der Waals surface area contributed by atoms with Gasteiger partial charge in [-0.05, 0) is 38.8 Å². The van der Waals surface area contributed by atoms with Crippen LogP contribution in [-0.4, -0.2) is 26.4 Å². The van der Waals surface area contributed by atoms with Gasteiger partial charge >= 0.3 is 6.09 Å². The Balaban J connectivity index is 2.06. The van der Waals surface area contributed by atoms with Crippen LogP contribution >= 0.6 is 0 Å². The van der Waals surface area contributed by atoms with Crippen molar-refractivity contribution < 1.29 is 19.0 Å². The van der Waals surface area contributed by atoms with Crippen LogP contribution < -0.4 is 14.8 Å². The lowest BCUT2D eigenvalue weighted by Gasteiger charge is -2.29. The number of ether oxygens (including phenoxy) is 3. The summed E-state index contributed by atoms with van der Waals surface area (Å²) in [5.74, 6) is 1.34. The van der Waals surface area contributed by atoms with Gasteiger partial charge in [0.25, 0.3) is 0 Å². The molecule has 0 unspecified atom stereocenters. The van der Waals surface area contributed by atoms with Crippen molar-refractivity contribution in [1.29, 1.82) is 0 Å². The van der Waals surface area contributed by atoms with Crippen molar-refractivity contribution in [3.8, 4) is 11.5 Å². The highest BCUT2D eigenvalue weighted by molar-refractivity contribution is 5.68. The fourth-order valence-corrected chi connectivity index (χ4v) is 2.89. The summed E-state index contributed by atoms with van der Waals surface area (Å²) in [6.07, 6.45) is 5.28. The van der Waals surface area contributed by atoms with Crippen LogP contribution in [0, 0.1) is 0 Å². The Kier molecular flexibility index (Phi) is 5.74. The van der Waals surface area contributed by atoms with Crippen LogP contribution in [0.1, 0.15) is 51.5 Å². The van der Waals surface area contributed by atoms with Crippen molar-refractivity contribution >= 4 is 6.09 Å². The maximum atomic E-state index is 12.2. The Morgan fingerprint density at radius 3 is 2.13 bits per heavy atom. The molecule has 0 heterocycles. The normalized spacial score (nSPS) is 15.8. The number of alkyl carbamates (subject to hydrolysis) is 1. The summed E-state index contributed by atoms with van der Waals surface area (Å²) in [7, 11) is 3.20. The fraction of sp³-hybridized carbons (Fsp3) is 0.611. The minimum Gasteiger partial charge on any atom is -0.497 e. The molecule has 1 aliphatic rings. The van der Waals surface area contributed by atoms with Gasteiger partial charge in [0.05, 0.1) is 14.2 Å². The first kappa shape index (κ1) is 17.4. The van der Waals surface area contributed by atoms with Gasteiger partial charge in [-0.15, -0.1) is 0 Å². The van der Waals surface area contributed by atoms with E-state index in [1.54, 1.807) is 20.3 Å². The van der Waals surface area contributed by atoms with E-state index in [1.165, 1.54) is 19.3 Å². The maximum Gasteiger partial charge on any atom is 0.408 e. The first-order valence-electron chi connectivity index (χ1n) is 8.17. The summed E-state index contributed by atoms with van der Waals surface area (Å²) >= 11 is 0. The van der Waals surface area contributed by atoms with Crippen molar-refractivity contribution in [2.75, 3.05) is 14.2 Å². The summed E-state index contributed by atoms with van der Waals surface area (Å²) in [5, 5.41) is 2.98. The van der Waals surface area contributed by atoms with E-state index in [4.69, 9.17) is 14.2 Å². The van der Waals surface area contributed by atoms with Crippen LogP contribution in [0.15, 0.2) is 18.2 Å². The lowest BCUT2D eigenvalue weighted by atomic mass is 9.95. The monoisotopic (exact) mass is 321 g/mol. The Morgan fingerprint density at radius 1 is 1.04 bits per heavy atom. The first-order valence-corrected chi connectivity index (χ1v) is 8.17. The van der Waals surface area contributed by atoms with Crippen molar-refractivity contribution in [1.82, 2.24) is 5.32 Å². The van der Waals surface area contributed by atoms with Crippen molar-refractivity contribution in [2.45, 2.75) is 57.6 Å². The van der Waals surface area contributed by atoms with Crippen LogP contribution in [-0.2, 0) is 10.3 Å². The number of nitrogens with one attached hydrogen (secondary N) is 1. The third-order valence-corrected chi connectivity index (χ3v) is 4.32. The van der Waals surface area contributed by atoms with E-state index in [1.807, 2.05) is 26.0 Å². The van der Waals surface area contributed by atoms with E-state index in [9.17, 15) is 4.79 Å². The molecule has 1 aromatic rings. The van der Waals surface area contributed by atoms with Gasteiger partial charge < -0.3 is 19.5 Å². The summed E-state index contributed by atoms with van der Waals surface area (Å²) in [5.41, 5.74) is 0.0492. The number of hydrogen-bond donors (Lipinski definition) is 1. The van der Waals surface area contributed by atoms with E-state index < -0.39 is 5.60 Å². The average molecular weight is 321 g/mol. The molecule has 1 fully saturated rings. The molecule has 0 bridgehead atoms. The van der Waals surface area contributed by atoms with Crippen molar-refractivity contribution in [3.05, 3.63) is 23.8 Å². The molecule has 0 aliphatic heterocycles. The quantitative estimate of drug-likeness (QED) is 0.890. The maximum absolute atomic E-state index is 12.2. The highest BCUT2D eigenvalue weighted by Crippen LogP contribution is 2.32. The van der Waals surface area contributed by atoms with Crippen molar-refractivity contribution in [2.24, 2.45) is 0 Å². The second-order valence-electron chi connectivity index (χ2n) is 6.48. The topological polar surface area (TPSA) is 56.8 Å². The molecule has 0 radical (unpaired) electrons. The molecule has 1 saturated carbocycles. The number of methoxy groups -OCH3 is 2. The Labute approximate surface area is 138 Å². The molecule has 23 heavy (non-hydrogen) atoms. The average Bonchev–Trinajstić information content (AvgIpc) is 2.54. The summed E-state index contributed by atoms with van der Waals surface area (Å²) in [6.45, 7) is 3.73. The smallest absolute Gasteiger partial charge is 0.408 e. The van der Waals surface area contributed by atoms with Crippen LogP contribution in [0.3, 0.4) is 0 Å². The standard InChI is InChI=1S/C18H27NO4/c1-18(2,13-10-15(21-3)12-16(11-13)22-4)23-17(20)19-14-8-6-5-7-9-14/h10-12,14H,5-9H2,1-4H3,(H,19,20). The highest BCUT2D eigenvalue weighted by Gasteiger charge is 2.28. The molecule has 0 aromatic heterocycles. The molecule has 5 nitrogen and oxygen atoms in total. The van der Waals surface area contributed by atoms with Gasteiger partial charge in [-0.2, -0.15) is 0 Å². The van der Waals surface area contributed by atoms with Gasteiger partial charge in [-0.1, -0.05) is 19.3 Å². The van der Waals surface area contributed by atoms with Gasteiger partial charge in [0, 0.05) is 17.7 Å². The van der Waals surface area contributed by atoms with Gasteiger partial charge in [0.2, 0.25) is 0 Å². The number of carbonyl (C=O) groups excluding carboxylic acids is 1. The molecule has 2 rings (SSSR count). The largest absolute Gasteiger partial charge is 0.497 e. The molecule has 1 aliphatic carbocycles. The molecule has 1 aromatic carbocycles. The Morgan fingerprint density at radius 2 is 1.61 bits per heavy atom. The Hall–Kier alpha value is -1.91. The highest BCUT2D eigenvalue weighted by atomic mass is 16.6. The predicted molar refractivity (Wildman–Crippen MR) is 89.1 cm³/mol. The van der Waals surface area contributed by atoms with Crippen LogP contribution in [0.5, 0.6) is 11.5 Å². The van der Waals surface area contributed by atoms with Crippen molar-refractivity contribution in [3.63, 3.8) is 0 Å². The van der Waals surface area contributed by atoms with Gasteiger partial charge in [0.15, 0.2) is 0 Å². The lowest BCUT2D eigenvalue weighted by Crippen LogP contribution is -2.40. The molecular formula is C18H27NO4. The molecule has 1 N–H and O–H groups in total. The summed E-state index contributed by atoms with van der Waals surface area (Å²) in [6, 6.07) is 5.74. The molecule has 0 atom stereocenters. The molecule has 0 spiro atoms. The van der Waals surface area contributed by atoms with Gasteiger partial charge in [-0.3, -0.25) is 0 Å². The van der Waals surface area contributed by atoms with Crippen LogP contribution in [0.2, 0.25) is 0 Å². The third kappa shape index (κ3) is 4.78. The fourth-order valence-electron chi connectivity index (χ4n) is 2.89. The zero-order valence-electron chi connectivity index (χ0n) is 14.5. The minimum atomic E-state index is -0.777. The summed E-state index contributed by atoms with van der Waals surface area (Å²) in [4.78, 5) is 12.2. The number of amides is 1. The molecule has 5 heteroatoms. The third-order valence-electron chi connectivity index (χ3n) is 4.32. The van der Waals surface area contributed by atoms with Crippen LogP contribution in [0.4, 0.5) is 4.79 Å². The minimum absolute atomic E-state index is 0.229. The molecule has 0 saturated heterocycles. The number of benzene rings is 1. The molecule has 1 amide bonds. The number of rotatable bonds is 5. The van der Waals surface area contributed by atoms with E-state index in [0.717, 1.165) is 18.4 Å². The zero-order valence-corrected chi connectivity index (χ0v) is 14.5. The van der Waals surface area contributed by atoms with Gasteiger partial charge in [-0.25, -0.2) is 4.79 Å². The number of hydrogen-bond acceptors (Lipinski definition) is 4. The second-order valence-corrected chi connectivity index (χ2v) is 6.48. The zero-order chi connectivity index (χ0) is 16.9. The summed E-state index contributed by atoms with van der Waals surface area (Å²) < 4.78 is 16.2. The van der Waals surface area contributed by atoms with E-state index >= 15 is 0 Å². The van der Waals surface area contributed by atoms with E-state index in [2.05, 4.69) is 5.32 Å².